The fraction of sp³-hybridized carbons (Fsp3) is 0.500. The third-order valence-corrected chi connectivity index (χ3v) is 3.34. The Labute approximate surface area is 107 Å². The summed E-state index contributed by atoms with van der Waals surface area (Å²) in [7, 11) is 0. The van der Waals surface area contributed by atoms with Gasteiger partial charge in [0.2, 0.25) is 0 Å². The number of aromatic nitrogens is 2. The SMILES string of the molecule is CCn1cc(-c2ccc(CNC3CC3)o2)c(C)n1. The van der Waals surface area contributed by atoms with E-state index < -0.39 is 0 Å². The minimum Gasteiger partial charge on any atom is -0.460 e. The number of rotatable bonds is 5. The van der Waals surface area contributed by atoms with E-state index in [1.165, 1.54) is 12.8 Å². The minimum absolute atomic E-state index is 0.711. The zero-order valence-corrected chi connectivity index (χ0v) is 10.9. The zero-order valence-electron chi connectivity index (χ0n) is 10.9. The average molecular weight is 245 g/mol. The van der Waals surface area contributed by atoms with Crippen LogP contribution < -0.4 is 5.32 Å². The summed E-state index contributed by atoms with van der Waals surface area (Å²) >= 11 is 0. The van der Waals surface area contributed by atoms with Crippen molar-refractivity contribution in [2.45, 2.75) is 45.8 Å². The van der Waals surface area contributed by atoms with Gasteiger partial charge in [0.25, 0.3) is 0 Å². The fourth-order valence-corrected chi connectivity index (χ4v) is 2.07. The van der Waals surface area contributed by atoms with Crippen LogP contribution in [0.2, 0.25) is 0 Å². The van der Waals surface area contributed by atoms with Gasteiger partial charge in [-0.05, 0) is 38.8 Å². The Hall–Kier alpha value is -1.55. The predicted molar refractivity (Wildman–Crippen MR) is 70.2 cm³/mol. The topological polar surface area (TPSA) is 43.0 Å². The Kier molecular flexibility index (Phi) is 2.96. The molecule has 2 heterocycles. The molecule has 0 aromatic carbocycles. The second-order valence-electron chi connectivity index (χ2n) is 4.91. The maximum atomic E-state index is 5.87. The molecular weight excluding hydrogens is 226 g/mol. The summed E-state index contributed by atoms with van der Waals surface area (Å²) in [5.41, 5.74) is 2.11. The van der Waals surface area contributed by atoms with Gasteiger partial charge in [0.15, 0.2) is 0 Å². The highest BCUT2D eigenvalue weighted by atomic mass is 16.3. The second-order valence-corrected chi connectivity index (χ2v) is 4.91. The van der Waals surface area contributed by atoms with Crippen LogP contribution in [0.4, 0.5) is 0 Å². The molecule has 4 heteroatoms. The highest BCUT2D eigenvalue weighted by Crippen LogP contribution is 2.25. The molecule has 0 atom stereocenters. The highest BCUT2D eigenvalue weighted by Gasteiger charge is 2.20. The van der Waals surface area contributed by atoms with E-state index in [4.69, 9.17) is 4.42 Å². The lowest BCUT2D eigenvalue weighted by Gasteiger charge is -1.98. The Bertz CT molecular complexity index is 537. The van der Waals surface area contributed by atoms with Crippen molar-refractivity contribution in [3.05, 3.63) is 29.8 Å². The normalized spacial score (nSPS) is 15.2. The van der Waals surface area contributed by atoms with Crippen LogP contribution in [0.15, 0.2) is 22.7 Å². The summed E-state index contributed by atoms with van der Waals surface area (Å²) in [6.45, 7) is 5.82. The summed E-state index contributed by atoms with van der Waals surface area (Å²) in [5.74, 6) is 1.92. The lowest BCUT2D eigenvalue weighted by Crippen LogP contribution is -2.14. The van der Waals surface area contributed by atoms with Gasteiger partial charge in [0.05, 0.1) is 17.8 Å². The Balaban J connectivity index is 1.76. The van der Waals surface area contributed by atoms with E-state index in [0.717, 1.165) is 35.9 Å². The van der Waals surface area contributed by atoms with Crippen LogP contribution >= 0.6 is 0 Å². The predicted octanol–water partition coefficient (Wildman–Crippen LogP) is 2.72. The molecule has 0 unspecified atom stereocenters. The summed E-state index contributed by atoms with van der Waals surface area (Å²) in [4.78, 5) is 0. The molecule has 96 valence electrons. The van der Waals surface area contributed by atoms with Gasteiger partial charge in [0, 0.05) is 18.8 Å². The van der Waals surface area contributed by atoms with Gasteiger partial charge in [-0.3, -0.25) is 4.68 Å². The monoisotopic (exact) mass is 245 g/mol. The van der Waals surface area contributed by atoms with Crippen LogP contribution in [0.25, 0.3) is 11.3 Å². The molecule has 2 aromatic rings. The van der Waals surface area contributed by atoms with Crippen molar-refractivity contribution in [3.63, 3.8) is 0 Å². The molecule has 1 saturated carbocycles. The third-order valence-electron chi connectivity index (χ3n) is 3.34. The molecule has 1 fully saturated rings. The molecule has 2 aromatic heterocycles. The van der Waals surface area contributed by atoms with Crippen molar-refractivity contribution >= 4 is 0 Å². The molecule has 0 radical (unpaired) electrons. The van der Waals surface area contributed by atoms with E-state index in [1.807, 2.05) is 29.9 Å². The van der Waals surface area contributed by atoms with E-state index in [0.29, 0.717) is 6.04 Å². The van der Waals surface area contributed by atoms with Gasteiger partial charge in [-0.25, -0.2) is 0 Å². The van der Waals surface area contributed by atoms with Crippen LogP contribution in [-0.2, 0) is 13.1 Å². The van der Waals surface area contributed by atoms with E-state index in [9.17, 15) is 0 Å². The van der Waals surface area contributed by atoms with Crippen LogP contribution in [0.5, 0.6) is 0 Å². The maximum absolute atomic E-state index is 5.87. The van der Waals surface area contributed by atoms with Crippen molar-refractivity contribution in [1.82, 2.24) is 15.1 Å². The second kappa shape index (κ2) is 4.61. The Morgan fingerprint density at radius 2 is 2.28 bits per heavy atom. The minimum atomic E-state index is 0.711. The van der Waals surface area contributed by atoms with E-state index in [-0.39, 0.29) is 0 Å². The van der Waals surface area contributed by atoms with Gasteiger partial charge in [-0.2, -0.15) is 5.10 Å². The number of nitrogens with one attached hydrogen (secondary N) is 1. The molecular formula is C14H19N3O. The average Bonchev–Trinajstić information content (AvgIpc) is 2.95. The lowest BCUT2D eigenvalue weighted by atomic mass is 10.2. The number of aryl methyl sites for hydroxylation is 2. The first-order chi connectivity index (χ1) is 8.76. The van der Waals surface area contributed by atoms with Crippen LogP contribution in [0, 0.1) is 6.92 Å². The molecule has 0 aliphatic heterocycles. The molecule has 0 amide bonds. The fourth-order valence-electron chi connectivity index (χ4n) is 2.07. The molecule has 1 aliphatic rings. The first kappa shape index (κ1) is 11.5. The number of furan rings is 1. The third kappa shape index (κ3) is 2.34. The molecule has 1 N–H and O–H groups in total. The number of hydrogen-bond acceptors (Lipinski definition) is 3. The van der Waals surface area contributed by atoms with E-state index in [1.54, 1.807) is 0 Å². The summed E-state index contributed by atoms with van der Waals surface area (Å²) in [6, 6.07) is 4.80. The van der Waals surface area contributed by atoms with Crippen molar-refractivity contribution in [2.75, 3.05) is 0 Å². The number of hydrogen-bond donors (Lipinski definition) is 1. The van der Waals surface area contributed by atoms with Gasteiger partial charge in [0.1, 0.15) is 11.5 Å². The Morgan fingerprint density at radius 3 is 2.94 bits per heavy atom. The van der Waals surface area contributed by atoms with Gasteiger partial charge in [-0.1, -0.05) is 0 Å². The molecule has 3 rings (SSSR count). The van der Waals surface area contributed by atoms with Crippen LogP contribution in [-0.4, -0.2) is 15.8 Å². The molecule has 1 aliphatic carbocycles. The zero-order chi connectivity index (χ0) is 12.5. The summed E-state index contributed by atoms with van der Waals surface area (Å²) < 4.78 is 7.81. The van der Waals surface area contributed by atoms with Crippen molar-refractivity contribution < 1.29 is 4.42 Å². The molecule has 0 bridgehead atoms. The van der Waals surface area contributed by atoms with E-state index in [2.05, 4.69) is 17.3 Å². The molecule has 0 saturated heterocycles. The summed E-state index contributed by atoms with van der Waals surface area (Å²) in [6.07, 6.45) is 4.65. The smallest absolute Gasteiger partial charge is 0.137 e. The van der Waals surface area contributed by atoms with Crippen molar-refractivity contribution in [3.8, 4) is 11.3 Å². The molecule has 4 nitrogen and oxygen atoms in total. The lowest BCUT2D eigenvalue weighted by molar-refractivity contribution is 0.492. The first-order valence-corrected chi connectivity index (χ1v) is 6.63. The van der Waals surface area contributed by atoms with Crippen molar-refractivity contribution in [1.29, 1.82) is 0 Å². The van der Waals surface area contributed by atoms with Crippen molar-refractivity contribution in [2.24, 2.45) is 0 Å². The highest BCUT2D eigenvalue weighted by molar-refractivity contribution is 5.59. The molecule has 0 spiro atoms. The van der Waals surface area contributed by atoms with Gasteiger partial charge in [-0.15, -0.1) is 0 Å². The van der Waals surface area contributed by atoms with Gasteiger partial charge < -0.3 is 9.73 Å². The quantitative estimate of drug-likeness (QED) is 0.880. The first-order valence-electron chi connectivity index (χ1n) is 6.63. The van der Waals surface area contributed by atoms with E-state index >= 15 is 0 Å². The van der Waals surface area contributed by atoms with Crippen LogP contribution in [0.1, 0.15) is 31.2 Å². The number of nitrogens with zero attached hydrogens (tertiary/aromatic N) is 2. The maximum Gasteiger partial charge on any atom is 0.137 e. The molecule has 18 heavy (non-hydrogen) atoms. The Morgan fingerprint density at radius 1 is 1.44 bits per heavy atom. The van der Waals surface area contributed by atoms with Gasteiger partial charge >= 0.3 is 0 Å². The van der Waals surface area contributed by atoms with Crippen LogP contribution in [0.3, 0.4) is 0 Å². The largest absolute Gasteiger partial charge is 0.460 e. The standard InChI is InChI=1S/C14H19N3O/c1-3-17-9-13(10(2)16-17)14-7-6-12(18-14)8-15-11-4-5-11/h6-7,9,11,15H,3-5,8H2,1-2H3. The summed E-state index contributed by atoms with van der Waals surface area (Å²) in [5, 5.41) is 7.89.